The van der Waals surface area contributed by atoms with Crippen LogP contribution in [0.3, 0.4) is 0 Å². The van der Waals surface area contributed by atoms with Crippen LogP contribution in [-0.4, -0.2) is 27.8 Å². The third kappa shape index (κ3) is 4.00. The van der Waals surface area contributed by atoms with E-state index < -0.39 is 17.1 Å². The lowest BCUT2D eigenvalue weighted by atomic mass is 9.76. The molecule has 0 atom stereocenters. The third-order valence-electron chi connectivity index (χ3n) is 6.99. The minimum Gasteiger partial charge on any atom is -0.503 e. The van der Waals surface area contributed by atoms with Crippen molar-refractivity contribution in [1.29, 1.82) is 0 Å². The number of aromatic nitrogens is 2. The number of aromatic hydroxyl groups is 1. The molecule has 2 aliphatic rings. The molecule has 0 saturated heterocycles. The predicted octanol–water partition coefficient (Wildman–Crippen LogP) is 3.87. The van der Waals surface area contributed by atoms with Gasteiger partial charge in [0.2, 0.25) is 0 Å². The largest absolute Gasteiger partial charge is 0.503 e. The Morgan fingerprint density at radius 2 is 1.93 bits per heavy atom. The number of hydrogen-bond acceptors (Lipinski definition) is 4. The SMILES string of the molecule is CNC(=O)c1nn(CC2(c3cccc(C4CCCCC4)c3)CCCC2)cc(O)c1=O. The Morgan fingerprint density at radius 3 is 2.63 bits per heavy atom. The molecule has 2 aliphatic carbocycles. The highest BCUT2D eigenvalue weighted by Crippen LogP contribution is 2.44. The molecule has 0 spiro atoms. The van der Waals surface area contributed by atoms with E-state index in [0.29, 0.717) is 12.5 Å². The number of carbonyl (C=O) groups is 1. The molecule has 0 radical (unpaired) electrons. The second-order valence-electron chi connectivity index (χ2n) is 8.92. The zero-order chi connectivity index (χ0) is 21.1. The lowest BCUT2D eigenvalue weighted by Gasteiger charge is -2.32. The van der Waals surface area contributed by atoms with Gasteiger partial charge in [0.05, 0.1) is 12.7 Å². The zero-order valence-corrected chi connectivity index (χ0v) is 17.7. The molecule has 2 fully saturated rings. The molecule has 1 aromatic heterocycles. The number of rotatable bonds is 5. The molecule has 0 unspecified atom stereocenters. The molecule has 2 aromatic rings. The molecule has 4 rings (SSSR count). The van der Waals surface area contributed by atoms with Crippen LogP contribution in [0.25, 0.3) is 0 Å². The van der Waals surface area contributed by atoms with Gasteiger partial charge in [0, 0.05) is 12.5 Å². The Labute approximate surface area is 177 Å². The quantitative estimate of drug-likeness (QED) is 0.785. The van der Waals surface area contributed by atoms with Crippen molar-refractivity contribution >= 4 is 5.91 Å². The molecule has 2 saturated carbocycles. The maximum atomic E-state index is 12.1. The predicted molar refractivity (Wildman–Crippen MR) is 116 cm³/mol. The standard InChI is InChI=1S/C24H31N3O3/c1-25-23(30)21-22(29)20(28)15-27(26-21)16-24(12-5-6-13-24)19-11-7-10-18(14-19)17-8-3-2-4-9-17/h7,10-11,14-15,17,28H,2-6,8-9,12-13,16H2,1H3,(H,25,30). The van der Waals surface area contributed by atoms with Crippen LogP contribution in [0.15, 0.2) is 35.3 Å². The lowest BCUT2D eigenvalue weighted by molar-refractivity contribution is 0.0953. The Bertz CT molecular complexity index is 970. The van der Waals surface area contributed by atoms with Crippen LogP contribution in [0.1, 0.15) is 85.3 Å². The minimum atomic E-state index is -0.731. The van der Waals surface area contributed by atoms with Crippen LogP contribution in [0.5, 0.6) is 5.75 Å². The van der Waals surface area contributed by atoms with Gasteiger partial charge in [0.25, 0.3) is 11.3 Å². The molecular formula is C24H31N3O3. The number of nitrogens with one attached hydrogen (secondary N) is 1. The Balaban J connectivity index is 1.68. The molecule has 0 bridgehead atoms. The van der Waals surface area contributed by atoms with Crippen molar-refractivity contribution in [2.45, 2.75) is 75.7 Å². The summed E-state index contributed by atoms with van der Waals surface area (Å²) in [5, 5.41) is 16.8. The first-order chi connectivity index (χ1) is 14.5. The van der Waals surface area contributed by atoms with E-state index >= 15 is 0 Å². The fourth-order valence-electron chi connectivity index (χ4n) is 5.33. The lowest BCUT2D eigenvalue weighted by Crippen LogP contribution is -2.33. The molecule has 160 valence electrons. The first kappa shape index (κ1) is 20.6. The van der Waals surface area contributed by atoms with Gasteiger partial charge < -0.3 is 10.4 Å². The molecule has 1 amide bonds. The van der Waals surface area contributed by atoms with Gasteiger partial charge in [0.1, 0.15) is 0 Å². The van der Waals surface area contributed by atoms with Crippen molar-refractivity contribution in [2.75, 3.05) is 7.05 Å². The van der Waals surface area contributed by atoms with E-state index in [1.165, 1.54) is 56.5 Å². The Hall–Kier alpha value is -2.63. The van der Waals surface area contributed by atoms with Crippen LogP contribution in [0.4, 0.5) is 0 Å². The first-order valence-electron chi connectivity index (χ1n) is 11.2. The summed E-state index contributed by atoms with van der Waals surface area (Å²) in [5.74, 6) is -0.372. The van der Waals surface area contributed by atoms with E-state index in [9.17, 15) is 14.7 Å². The molecule has 1 heterocycles. The summed E-state index contributed by atoms with van der Waals surface area (Å²) in [5.41, 5.74) is 1.65. The van der Waals surface area contributed by atoms with Gasteiger partial charge in [-0.15, -0.1) is 0 Å². The number of amides is 1. The summed E-state index contributed by atoms with van der Waals surface area (Å²) >= 11 is 0. The number of nitrogens with zero attached hydrogens (tertiary/aromatic N) is 2. The van der Waals surface area contributed by atoms with E-state index in [2.05, 4.69) is 34.7 Å². The summed E-state index contributed by atoms with van der Waals surface area (Å²) in [6.07, 6.45) is 12.2. The molecule has 6 heteroatoms. The van der Waals surface area contributed by atoms with Crippen LogP contribution in [-0.2, 0) is 12.0 Å². The van der Waals surface area contributed by atoms with Crippen LogP contribution < -0.4 is 10.7 Å². The molecule has 6 nitrogen and oxygen atoms in total. The highest BCUT2D eigenvalue weighted by atomic mass is 16.3. The smallest absolute Gasteiger partial charge is 0.275 e. The van der Waals surface area contributed by atoms with Crippen molar-refractivity contribution in [3.8, 4) is 5.75 Å². The van der Waals surface area contributed by atoms with Crippen molar-refractivity contribution < 1.29 is 9.90 Å². The highest BCUT2D eigenvalue weighted by Gasteiger charge is 2.37. The molecule has 1 aromatic carbocycles. The van der Waals surface area contributed by atoms with Gasteiger partial charge in [-0.1, -0.05) is 56.4 Å². The maximum absolute atomic E-state index is 12.1. The van der Waals surface area contributed by atoms with E-state index in [1.54, 1.807) is 4.68 Å². The number of benzene rings is 1. The van der Waals surface area contributed by atoms with Gasteiger partial charge in [-0.3, -0.25) is 14.3 Å². The number of carbonyl (C=O) groups excluding carboxylic acids is 1. The molecule has 0 aliphatic heterocycles. The topological polar surface area (TPSA) is 84.2 Å². The summed E-state index contributed by atoms with van der Waals surface area (Å²) in [6, 6.07) is 9.02. The van der Waals surface area contributed by atoms with Gasteiger partial charge in [-0.2, -0.15) is 5.10 Å². The van der Waals surface area contributed by atoms with Crippen molar-refractivity contribution in [1.82, 2.24) is 15.1 Å². The summed E-state index contributed by atoms with van der Waals surface area (Å²) < 4.78 is 1.58. The average molecular weight is 410 g/mol. The van der Waals surface area contributed by atoms with E-state index in [-0.39, 0.29) is 11.1 Å². The normalized spacial score (nSPS) is 19.0. The Morgan fingerprint density at radius 1 is 1.20 bits per heavy atom. The van der Waals surface area contributed by atoms with E-state index in [1.807, 2.05) is 0 Å². The van der Waals surface area contributed by atoms with Gasteiger partial charge in [-0.25, -0.2) is 0 Å². The average Bonchev–Trinajstić information content (AvgIpc) is 3.26. The van der Waals surface area contributed by atoms with Crippen LogP contribution in [0.2, 0.25) is 0 Å². The number of hydrogen-bond donors (Lipinski definition) is 2. The second-order valence-corrected chi connectivity index (χ2v) is 8.92. The fourth-order valence-corrected chi connectivity index (χ4v) is 5.33. The molecule has 2 N–H and O–H groups in total. The van der Waals surface area contributed by atoms with Crippen molar-refractivity contribution in [3.05, 3.63) is 57.5 Å². The summed E-state index contributed by atoms with van der Waals surface area (Å²) in [6.45, 7) is 0.541. The monoisotopic (exact) mass is 409 g/mol. The van der Waals surface area contributed by atoms with Gasteiger partial charge >= 0.3 is 0 Å². The second kappa shape index (κ2) is 8.62. The van der Waals surface area contributed by atoms with E-state index in [0.717, 1.165) is 25.7 Å². The third-order valence-corrected chi connectivity index (χ3v) is 6.99. The minimum absolute atomic E-state index is 0.0981. The summed E-state index contributed by atoms with van der Waals surface area (Å²) in [4.78, 5) is 24.2. The van der Waals surface area contributed by atoms with Gasteiger partial charge in [-0.05, 0) is 42.7 Å². The Kier molecular flexibility index (Phi) is 5.93. The van der Waals surface area contributed by atoms with Crippen LogP contribution >= 0.6 is 0 Å². The maximum Gasteiger partial charge on any atom is 0.275 e. The van der Waals surface area contributed by atoms with Crippen molar-refractivity contribution in [3.63, 3.8) is 0 Å². The van der Waals surface area contributed by atoms with Crippen molar-refractivity contribution in [2.24, 2.45) is 0 Å². The van der Waals surface area contributed by atoms with E-state index in [4.69, 9.17) is 0 Å². The molecular weight excluding hydrogens is 378 g/mol. The summed E-state index contributed by atoms with van der Waals surface area (Å²) in [7, 11) is 1.45. The van der Waals surface area contributed by atoms with Gasteiger partial charge in [0.15, 0.2) is 11.4 Å². The molecule has 30 heavy (non-hydrogen) atoms. The zero-order valence-electron chi connectivity index (χ0n) is 17.7. The highest BCUT2D eigenvalue weighted by molar-refractivity contribution is 5.92. The first-order valence-corrected chi connectivity index (χ1v) is 11.2. The fraction of sp³-hybridized carbons (Fsp3) is 0.542. The van der Waals surface area contributed by atoms with Crippen LogP contribution in [0, 0.1) is 0 Å².